The minimum absolute atomic E-state index is 0.199. The van der Waals surface area contributed by atoms with E-state index >= 15 is 0 Å². The quantitative estimate of drug-likeness (QED) is 0.849. The summed E-state index contributed by atoms with van der Waals surface area (Å²) < 4.78 is 2.38. The lowest BCUT2D eigenvalue weighted by Gasteiger charge is -2.22. The van der Waals surface area contributed by atoms with Crippen LogP contribution < -0.4 is 0 Å². The van der Waals surface area contributed by atoms with Gasteiger partial charge in [0.25, 0.3) is 0 Å². The monoisotopic (exact) mass is 245 g/mol. The summed E-state index contributed by atoms with van der Waals surface area (Å²) >= 11 is 0. The summed E-state index contributed by atoms with van der Waals surface area (Å²) in [5.74, 6) is 2.95. The molecule has 1 aromatic rings. The smallest absolute Gasteiger partial charge is 0.0807 e. The Hall–Kier alpha value is -0.760. The molecule has 2 saturated carbocycles. The topological polar surface area (TPSA) is 25.2 Å². The molecule has 18 heavy (non-hydrogen) atoms. The van der Waals surface area contributed by atoms with E-state index in [1.165, 1.54) is 43.4 Å². The molecule has 4 rings (SSSR count). The third-order valence-electron chi connectivity index (χ3n) is 5.61. The van der Waals surface area contributed by atoms with Gasteiger partial charge in [0.1, 0.15) is 0 Å². The Labute approximate surface area is 109 Å². The van der Waals surface area contributed by atoms with Crippen molar-refractivity contribution in [2.75, 3.05) is 0 Å². The van der Waals surface area contributed by atoms with Crippen LogP contribution in [-0.2, 0) is 13.0 Å². The normalized spacial score (nSPS) is 38.1. The molecule has 0 aliphatic heterocycles. The first-order valence-electron chi connectivity index (χ1n) is 7.66. The zero-order valence-corrected chi connectivity index (χ0v) is 11.0. The Balaban J connectivity index is 1.52. The first kappa shape index (κ1) is 11.1. The summed E-state index contributed by atoms with van der Waals surface area (Å²) in [7, 11) is 0. The Morgan fingerprint density at radius 3 is 2.83 bits per heavy atom. The number of aliphatic hydroxyl groups excluding tert-OH is 1. The van der Waals surface area contributed by atoms with Gasteiger partial charge in [-0.1, -0.05) is 6.42 Å². The van der Waals surface area contributed by atoms with Gasteiger partial charge in [-0.25, -0.2) is 0 Å². The molecular formula is C16H23NO. The maximum atomic E-state index is 10.0. The van der Waals surface area contributed by atoms with Crippen molar-refractivity contribution in [1.29, 1.82) is 0 Å². The maximum absolute atomic E-state index is 10.0. The molecule has 0 aromatic carbocycles. The number of rotatable bonds is 2. The predicted molar refractivity (Wildman–Crippen MR) is 71.3 cm³/mol. The molecule has 2 bridgehead atoms. The van der Waals surface area contributed by atoms with Crippen LogP contribution in [0.15, 0.2) is 12.4 Å². The summed E-state index contributed by atoms with van der Waals surface area (Å²) in [6, 6.07) is 0. The number of fused-ring (bicyclic) bond motifs is 3. The van der Waals surface area contributed by atoms with Gasteiger partial charge in [-0.05, 0) is 61.8 Å². The van der Waals surface area contributed by atoms with Crippen LogP contribution in [0, 0.1) is 17.8 Å². The number of aryl methyl sites for hydroxylation is 1. The molecule has 4 unspecified atom stereocenters. The molecule has 4 atom stereocenters. The minimum Gasteiger partial charge on any atom is -0.388 e. The third kappa shape index (κ3) is 1.73. The van der Waals surface area contributed by atoms with Crippen molar-refractivity contribution >= 4 is 0 Å². The molecule has 1 aromatic heterocycles. The van der Waals surface area contributed by atoms with Crippen LogP contribution in [-0.4, -0.2) is 9.67 Å². The molecular weight excluding hydrogens is 222 g/mol. The van der Waals surface area contributed by atoms with E-state index in [2.05, 4.69) is 17.0 Å². The second-order valence-electron chi connectivity index (χ2n) is 6.78. The molecule has 0 radical (unpaired) electrons. The van der Waals surface area contributed by atoms with Crippen molar-refractivity contribution in [1.82, 2.24) is 4.57 Å². The molecule has 1 heterocycles. The van der Waals surface area contributed by atoms with E-state index in [9.17, 15) is 5.11 Å². The fraction of sp³-hybridized carbons (Fsp3) is 0.750. The van der Waals surface area contributed by atoms with E-state index in [1.807, 2.05) is 0 Å². The van der Waals surface area contributed by atoms with Crippen molar-refractivity contribution in [2.45, 2.75) is 57.6 Å². The Kier molecular flexibility index (Phi) is 2.54. The van der Waals surface area contributed by atoms with E-state index in [1.54, 1.807) is 0 Å². The minimum atomic E-state index is -0.199. The van der Waals surface area contributed by atoms with E-state index < -0.39 is 0 Å². The first-order chi connectivity index (χ1) is 8.79. The van der Waals surface area contributed by atoms with Crippen LogP contribution in [0.4, 0.5) is 0 Å². The van der Waals surface area contributed by atoms with Crippen LogP contribution in [0.25, 0.3) is 0 Å². The van der Waals surface area contributed by atoms with Gasteiger partial charge in [0.2, 0.25) is 0 Å². The highest BCUT2D eigenvalue weighted by molar-refractivity contribution is 5.29. The van der Waals surface area contributed by atoms with Gasteiger partial charge in [0.05, 0.1) is 6.10 Å². The summed E-state index contributed by atoms with van der Waals surface area (Å²) in [6.07, 6.45) is 13.5. The SMILES string of the molecule is OC1CCCc2cn(CC3CC4CCC3C4)cc21. The number of aromatic nitrogens is 1. The predicted octanol–water partition coefficient (Wildman–Crippen LogP) is 3.29. The summed E-state index contributed by atoms with van der Waals surface area (Å²) in [6.45, 7) is 1.20. The summed E-state index contributed by atoms with van der Waals surface area (Å²) in [4.78, 5) is 0. The number of aliphatic hydroxyl groups is 1. The Morgan fingerprint density at radius 2 is 2.11 bits per heavy atom. The molecule has 2 nitrogen and oxygen atoms in total. The molecule has 1 N–H and O–H groups in total. The van der Waals surface area contributed by atoms with Crippen molar-refractivity contribution in [2.24, 2.45) is 17.8 Å². The standard InChI is InChI=1S/C16H23NO/c18-16-3-1-2-13-8-17(10-15(13)16)9-14-7-11-4-5-12(14)6-11/h8,10-12,14,16,18H,1-7,9H2. The molecule has 2 fully saturated rings. The van der Waals surface area contributed by atoms with E-state index in [0.29, 0.717) is 0 Å². The van der Waals surface area contributed by atoms with Gasteiger partial charge < -0.3 is 9.67 Å². The third-order valence-corrected chi connectivity index (χ3v) is 5.61. The second-order valence-corrected chi connectivity index (χ2v) is 6.78. The fourth-order valence-electron chi connectivity index (χ4n) is 4.70. The van der Waals surface area contributed by atoms with Crippen LogP contribution in [0.2, 0.25) is 0 Å². The van der Waals surface area contributed by atoms with E-state index in [-0.39, 0.29) is 6.10 Å². The molecule has 98 valence electrons. The van der Waals surface area contributed by atoms with E-state index in [0.717, 1.165) is 37.0 Å². The molecule has 3 aliphatic rings. The average Bonchev–Trinajstić information content (AvgIpc) is 3.03. The highest BCUT2D eigenvalue weighted by Crippen LogP contribution is 2.49. The molecule has 0 saturated heterocycles. The van der Waals surface area contributed by atoms with Crippen molar-refractivity contribution in [3.05, 3.63) is 23.5 Å². The summed E-state index contributed by atoms with van der Waals surface area (Å²) in [5, 5.41) is 10.0. The molecule has 0 amide bonds. The number of hydrogen-bond acceptors (Lipinski definition) is 1. The first-order valence-corrected chi connectivity index (χ1v) is 7.66. The maximum Gasteiger partial charge on any atom is 0.0807 e. The lowest BCUT2D eigenvalue weighted by Crippen LogP contribution is -2.16. The number of hydrogen-bond donors (Lipinski definition) is 1. The van der Waals surface area contributed by atoms with Crippen LogP contribution in [0.3, 0.4) is 0 Å². The Morgan fingerprint density at radius 1 is 1.17 bits per heavy atom. The molecule has 3 aliphatic carbocycles. The van der Waals surface area contributed by atoms with Gasteiger partial charge in [0.15, 0.2) is 0 Å². The highest BCUT2D eigenvalue weighted by Gasteiger charge is 2.39. The van der Waals surface area contributed by atoms with Crippen molar-refractivity contribution < 1.29 is 5.11 Å². The highest BCUT2D eigenvalue weighted by atomic mass is 16.3. The molecule has 0 spiro atoms. The van der Waals surface area contributed by atoms with Gasteiger partial charge in [-0.3, -0.25) is 0 Å². The second kappa shape index (κ2) is 4.12. The van der Waals surface area contributed by atoms with Crippen LogP contribution in [0.1, 0.15) is 55.8 Å². The zero-order valence-electron chi connectivity index (χ0n) is 11.0. The lowest BCUT2D eigenvalue weighted by molar-refractivity contribution is 0.157. The van der Waals surface area contributed by atoms with Crippen LogP contribution >= 0.6 is 0 Å². The van der Waals surface area contributed by atoms with Gasteiger partial charge in [-0.2, -0.15) is 0 Å². The zero-order chi connectivity index (χ0) is 12.1. The molecule has 2 heteroatoms. The van der Waals surface area contributed by atoms with Crippen molar-refractivity contribution in [3.8, 4) is 0 Å². The summed E-state index contributed by atoms with van der Waals surface area (Å²) in [5.41, 5.74) is 2.61. The van der Waals surface area contributed by atoms with Crippen molar-refractivity contribution in [3.63, 3.8) is 0 Å². The fourth-order valence-corrected chi connectivity index (χ4v) is 4.70. The van der Waals surface area contributed by atoms with Gasteiger partial charge in [0, 0.05) is 24.5 Å². The largest absolute Gasteiger partial charge is 0.388 e. The lowest BCUT2D eigenvalue weighted by atomic mass is 9.89. The van der Waals surface area contributed by atoms with Crippen LogP contribution in [0.5, 0.6) is 0 Å². The average molecular weight is 245 g/mol. The van der Waals surface area contributed by atoms with Gasteiger partial charge in [-0.15, -0.1) is 0 Å². The van der Waals surface area contributed by atoms with Gasteiger partial charge >= 0.3 is 0 Å². The number of nitrogens with zero attached hydrogens (tertiary/aromatic N) is 1. The van der Waals surface area contributed by atoms with E-state index in [4.69, 9.17) is 0 Å². The Bertz CT molecular complexity index is 450.